The molecule has 0 aromatic rings. The van der Waals surface area contributed by atoms with Gasteiger partial charge in [-0.15, -0.1) is 0 Å². The number of amides is 2. The first-order chi connectivity index (χ1) is 2.81. The molecule has 6 N–H and O–H groups in total. The van der Waals surface area contributed by atoms with E-state index in [9.17, 15) is 4.79 Å². The van der Waals surface area contributed by atoms with Gasteiger partial charge in [0.15, 0.2) is 0 Å². The maximum absolute atomic E-state index is 9.71. The number of hydrogen-bond acceptors (Lipinski definition) is 3. The van der Waals surface area contributed by atoms with Gasteiger partial charge >= 0.3 is 29.9 Å². The van der Waals surface area contributed by atoms with Crippen molar-refractivity contribution in [3.63, 3.8) is 0 Å². The van der Waals surface area contributed by atoms with Crippen LogP contribution in [0, 0.1) is 0 Å². The predicted molar refractivity (Wildman–Crippen MR) is 28.6 cm³/mol. The number of carbonyl (C=O) groups is 1. The Morgan fingerprint density at radius 1 is 1.29 bits per heavy atom. The third-order valence-electron chi connectivity index (χ3n) is 0.262. The molecule has 2 radical (unpaired) electrons. The third-order valence-corrected chi connectivity index (χ3v) is 0.262. The number of rotatable bonds is 0. The Balaban J connectivity index is 0. The quantitative estimate of drug-likeness (QED) is 0.150. The number of hydrogen-bond donors (Lipinski definition) is 4. The molecule has 0 aromatic carbocycles. The van der Waals surface area contributed by atoms with Crippen LogP contribution >= 0.6 is 0 Å². The fraction of sp³-hybridized carbons (Fsp3) is 0. The molecule has 0 spiro atoms. The Labute approximate surface area is 57.7 Å². The fourth-order valence-corrected chi connectivity index (χ4v) is 0.0417. The van der Waals surface area contributed by atoms with E-state index in [0.29, 0.717) is 0 Å². The molecular formula is CH8N4OSn. The summed E-state index contributed by atoms with van der Waals surface area (Å²) in [7, 11) is 0. The van der Waals surface area contributed by atoms with E-state index in [1.165, 1.54) is 0 Å². The first kappa shape index (κ1) is 10.1. The average molecular weight is 211 g/mol. The molecule has 0 unspecified atom stereocenters. The van der Waals surface area contributed by atoms with E-state index in [2.05, 4.69) is 11.7 Å². The van der Waals surface area contributed by atoms with Crippen molar-refractivity contribution >= 4 is 29.9 Å². The topological polar surface area (TPSA) is 93.2 Å². The van der Waals surface area contributed by atoms with Crippen molar-refractivity contribution in [1.82, 2.24) is 10.9 Å². The van der Waals surface area contributed by atoms with Gasteiger partial charge in [-0.2, -0.15) is 0 Å². The number of nitrogens with two attached hydrogens (primary N) is 2. The molecule has 0 heterocycles. The van der Waals surface area contributed by atoms with Crippen molar-refractivity contribution in [3.05, 3.63) is 0 Å². The van der Waals surface area contributed by atoms with Crippen molar-refractivity contribution in [2.24, 2.45) is 11.7 Å². The average Bonchev–Trinajstić information content (AvgIpc) is 1.65. The number of carbonyl (C=O) groups excluding carboxylic acids is 1. The van der Waals surface area contributed by atoms with Crippen LogP contribution in [0.1, 0.15) is 0 Å². The van der Waals surface area contributed by atoms with E-state index in [4.69, 9.17) is 0 Å². The summed E-state index contributed by atoms with van der Waals surface area (Å²) in [6.45, 7) is 0. The van der Waals surface area contributed by atoms with E-state index in [1.54, 1.807) is 10.9 Å². The van der Waals surface area contributed by atoms with Crippen molar-refractivity contribution in [3.8, 4) is 0 Å². The van der Waals surface area contributed by atoms with E-state index in [1.807, 2.05) is 0 Å². The third kappa shape index (κ3) is 5.99. The summed E-state index contributed by atoms with van der Waals surface area (Å²) in [5.74, 6) is 9.08. The van der Waals surface area contributed by atoms with Gasteiger partial charge in [0.1, 0.15) is 0 Å². The van der Waals surface area contributed by atoms with E-state index < -0.39 is 6.03 Å². The number of urea groups is 1. The standard InChI is InChI=1S/CH6N4O.Sn.2H/c2-4-1(6)5-3;;;/h2-3H2,(H2,4,5,6);;;. The summed E-state index contributed by atoms with van der Waals surface area (Å²) >= 11 is 0. The molecule has 0 aliphatic heterocycles. The molecular weight excluding hydrogens is 203 g/mol. The van der Waals surface area contributed by atoms with Crippen LogP contribution in [0.25, 0.3) is 0 Å². The Morgan fingerprint density at radius 3 is 1.57 bits per heavy atom. The number of hydrazine groups is 2. The molecule has 0 fully saturated rings. The Kier molecular flexibility index (Phi) is 8.62. The molecule has 0 saturated carbocycles. The van der Waals surface area contributed by atoms with Crippen LogP contribution in [0.4, 0.5) is 4.79 Å². The number of nitrogens with one attached hydrogen (secondary N) is 2. The molecule has 0 rings (SSSR count). The molecule has 0 aliphatic rings. The van der Waals surface area contributed by atoms with E-state index in [-0.39, 0.29) is 23.9 Å². The zero-order valence-electron chi connectivity index (χ0n) is 3.77. The van der Waals surface area contributed by atoms with Gasteiger partial charge < -0.3 is 0 Å². The molecule has 42 valence electrons. The van der Waals surface area contributed by atoms with Crippen LogP contribution in [0.2, 0.25) is 0 Å². The summed E-state index contributed by atoms with van der Waals surface area (Å²) in [5, 5.41) is 0. The molecule has 0 saturated heterocycles. The second-order valence-corrected chi connectivity index (χ2v) is 0.618. The molecule has 0 bridgehead atoms. The van der Waals surface area contributed by atoms with Gasteiger partial charge in [0.2, 0.25) is 0 Å². The summed E-state index contributed by atoms with van der Waals surface area (Å²) in [4.78, 5) is 9.71. The van der Waals surface area contributed by atoms with Crippen molar-refractivity contribution in [2.75, 3.05) is 0 Å². The minimum absolute atomic E-state index is 0. The molecule has 2 amide bonds. The second-order valence-electron chi connectivity index (χ2n) is 0.618. The summed E-state index contributed by atoms with van der Waals surface area (Å²) in [6, 6.07) is -0.602. The molecule has 7 heavy (non-hydrogen) atoms. The van der Waals surface area contributed by atoms with Crippen LogP contribution in [0.3, 0.4) is 0 Å². The predicted octanol–water partition coefficient (Wildman–Crippen LogP) is -2.88. The van der Waals surface area contributed by atoms with Gasteiger partial charge in [-0.25, -0.2) is 16.5 Å². The fourth-order valence-electron chi connectivity index (χ4n) is 0.0417. The Bertz CT molecular complexity index is 49.7. The van der Waals surface area contributed by atoms with Gasteiger partial charge in [0.25, 0.3) is 0 Å². The van der Waals surface area contributed by atoms with Crippen molar-refractivity contribution in [2.45, 2.75) is 0 Å². The van der Waals surface area contributed by atoms with Crippen LogP contribution < -0.4 is 22.5 Å². The minimum atomic E-state index is -0.602. The Hall–Kier alpha value is -0.0113. The monoisotopic (exact) mass is 212 g/mol. The SMILES string of the molecule is NNC(=O)NN.[SnH2]. The Morgan fingerprint density at radius 2 is 1.57 bits per heavy atom. The van der Waals surface area contributed by atoms with E-state index in [0.717, 1.165) is 0 Å². The first-order valence-corrected chi connectivity index (χ1v) is 1.28. The van der Waals surface area contributed by atoms with Crippen molar-refractivity contribution < 1.29 is 4.79 Å². The van der Waals surface area contributed by atoms with Gasteiger partial charge in [-0.05, 0) is 0 Å². The molecule has 0 aromatic heterocycles. The van der Waals surface area contributed by atoms with Crippen molar-refractivity contribution in [1.29, 1.82) is 0 Å². The molecule has 6 heteroatoms. The van der Waals surface area contributed by atoms with Gasteiger partial charge in [0.05, 0.1) is 0 Å². The second kappa shape index (κ2) is 5.99. The zero-order chi connectivity index (χ0) is 4.99. The summed E-state index contributed by atoms with van der Waals surface area (Å²) in [6.07, 6.45) is 0. The molecule has 5 nitrogen and oxygen atoms in total. The molecule has 0 aliphatic carbocycles. The zero-order valence-corrected chi connectivity index (χ0v) is 7.81. The molecule has 0 atom stereocenters. The van der Waals surface area contributed by atoms with Crippen LogP contribution in [-0.2, 0) is 0 Å². The van der Waals surface area contributed by atoms with Gasteiger partial charge in [-0.1, -0.05) is 0 Å². The van der Waals surface area contributed by atoms with Gasteiger partial charge in [0, 0.05) is 0 Å². The first-order valence-electron chi connectivity index (χ1n) is 1.28. The normalized spacial score (nSPS) is 6.00. The van der Waals surface area contributed by atoms with E-state index >= 15 is 0 Å². The summed E-state index contributed by atoms with van der Waals surface area (Å²) < 4.78 is 0. The van der Waals surface area contributed by atoms with Crippen LogP contribution in [0.5, 0.6) is 0 Å². The van der Waals surface area contributed by atoms with Crippen LogP contribution in [-0.4, -0.2) is 29.9 Å². The van der Waals surface area contributed by atoms with Gasteiger partial charge in [-0.3, -0.25) is 10.9 Å². The summed E-state index contributed by atoms with van der Waals surface area (Å²) in [5.41, 5.74) is 3.48. The van der Waals surface area contributed by atoms with Crippen LogP contribution in [0.15, 0.2) is 0 Å². The maximum atomic E-state index is 9.71.